The lowest BCUT2D eigenvalue weighted by Gasteiger charge is -2.40. The van der Waals surface area contributed by atoms with Crippen LogP contribution in [0.4, 0.5) is 0 Å². The van der Waals surface area contributed by atoms with Crippen molar-refractivity contribution >= 4 is 16.8 Å². The summed E-state index contributed by atoms with van der Waals surface area (Å²) in [5, 5.41) is 1.03. The predicted octanol–water partition coefficient (Wildman–Crippen LogP) is 4.50. The van der Waals surface area contributed by atoms with Gasteiger partial charge in [-0.05, 0) is 88.6 Å². The molecule has 0 unspecified atom stereocenters. The van der Waals surface area contributed by atoms with Crippen LogP contribution in [0.5, 0.6) is 0 Å². The molecule has 4 heteroatoms. The van der Waals surface area contributed by atoms with E-state index < -0.39 is 0 Å². The minimum absolute atomic E-state index is 0.198. The smallest absolute Gasteiger partial charge is 0.254 e. The number of likely N-dealkylation sites (tertiary alicyclic amines) is 2. The van der Waals surface area contributed by atoms with Gasteiger partial charge in [0.25, 0.3) is 5.91 Å². The number of carbonyl (C=O) groups is 1. The first-order valence-electron chi connectivity index (χ1n) is 11.3. The summed E-state index contributed by atoms with van der Waals surface area (Å²) in [7, 11) is 0. The van der Waals surface area contributed by atoms with Crippen molar-refractivity contribution in [1.82, 2.24) is 14.8 Å². The van der Waals surface area contributed by atoms with E-state index in [1.54, 1.807) is 0 Å². The average Bonchev–Trinajstić information content (AvgIpc) is 3.39. The number of aryl methyl sites for hydroxylation is 3. The van der Waals surface area contributed by atoms with Gasteiger partial charge >= 0.3 is 0 Å². The van der Waals surface area contributed by atoms with Crippen LogP contribution in [-0.2, 0) is 0 Å². The molecule has 3 heterocycles. The van der Waals surface area contributed by atoms with Crippen LogP contribution < -0.4 is 0 Å². The lowest BCUT2D eigenvalue weighted by molar-refractivity contribution is 0.0682. The van der Waals surface area contributed by atoms with Crippen LogP contribution >= 0.6 is 0 Å². The maximum Gasteiger partial charge on any atom is 0.254 e. The molecule has 4 nitrogen and oxygen atoms in total. The molecule has 1 aromatic heterocycles. The van der Waals surface area contributed by atoms with Gasteiger partial charge in [0.1, 0.15) is 0 Å². The molecule has 0 N–H and O–H groups in total. The number of benzene rings is 1. The van der Waals surface area contributed by atoms with Gasteiger partial charge in [0, 0.05) is 42.7 Å². The number of fused-ring (bicyclic) bond motifs is 1. The van der Waals surface area contributed by atoms with E-state index in [9.17, 15) is 4.79 Å². The van der Waals surface area contributed by atoms with Crippen molar-refractivity contribution in [3.8, 4) is 0 Å². The second-order valence-electron chi connectivity index (χ2n) is 10.0. The van der Waals surface area contributed by atoms with Crippen LogP contribution in [0.2, 0.25) is 0 Å². The van der Waals surface area contributed by atoms with E-state index in [1.807, 2.05) is 13.0 Å². The minimum Gasteiger partial charge on any atom is -0.338 e. The third-order valence-corrected chi connectivity index (χ3v) is 7.29. The molecular formula is C25H33N3O. The number of hydrogen-bond acceptors (Lipinski definition) is 3. The fourth-order valence-electron chi connectivity index (χ4n) is 5.80. The van der Waals surface area contributed by atoms with Crippen molar-refractivity contribution in [2.24, 2.45) is 11.3 Å². The number of piperidine rings is 1. The Balaban J connectivity index is 1.40. The number of carbonyl (C=O) groups excluding carboxylic acids is 1. The summed E-state index contributed by atoms with van der Waals surface area (Å²) >= 11 is 0. The van der Waals surface area contributed by atoms with Gasteiger partial charge in [-0.2, -0.15) is 0 Å². The first kappa shape index (κ1) is 19.0. The van der Waals surface area contributed by atoms with Crippen molar-refractivity contribution < 1.29 is 4.79 Å². The second kappa shape index (κ2) is 7.09. The Kier molecular flexibility index (Phi) is 4.65. The molecule has 2 aromatic rings. The van der Waals surface area contributed by atoms with Gasteiger partial charge in [-0.3, -0.25) is 9.78 Å². The van der Waals surface area contributed by atoms with Crippen molar-refractivity contribution in [3.05, 3.63) is 40.6 Å². The summed E-state index contributed by atoms with van der Waals surface area (Å²) in [6.07, 6.45) is 6.54. The van der Waals surface area contributed by atoms with E-state index in [4.69, 9.17) is 4.98 Å². The lowest BCUT2D eigenvalue weighted by Crippen LogP contribution is -2.46. The minimum atomic E-state index is 0.198. The van der Waals surface area contributed by atoms with Crippen LogP contribution in [0.25, 0.3) is 10.9 Å². The predicted molar refractivity (Wildman–Crippen MR) is 117 cm³/mol. The molecule has 154 valence electrons. The van der Waals surface area contributed by atoms with Crippen molar-refractivity contribution in [1.29, 1.82) is 0 Å². The van der Waals surface area contributed by atoms with Crippen LogP contribution in [0, 0.1) is 32.1 Å². The highest BCUT2D eigenvalue weighted by Gasteiger charge is 2.43. The van der Waals surface area contributed by atoms with E-state index in [1.165, 1.54) is 50.9 Å². The topological polar surface area (TPSA) is 36.4 Å². The molecule has 1 amide bonds. The molecule has 0 radical (unpaired) electrons. The fourth-order valence-corrected chi connectivity index (χ4v) is 5.80. The Morgan fingerprint density at radius 1 is 1.10 bits per heavy atom. The van der Waals surface area contributed by atoms with E-state index in [-0.39, 0.29) is 5.91 Å². The first-order chi connectivity index (χ1) is 13.9. The summed E-state index contributed by atoms with van der Waals surface area (Å²) < 4.78 is 0. The Bertz CT molecular complexity index is 959. The zero-order chi connectivity index (χ0) is 20.2. The van der Waals surface area contributed by atoms with Gasteiger partial charge in [0.15, 0.2) is 0 Å². The van der Waals surface area contributed by atoms with Crippen molar-refractivity contribution in [2.75, 3.05) is 32.7 Å². The van der Waals surface area contributed by atoms with E-state index in [0.717, 1.165) is 53.2 Å². The summed E-state index contributed by atoms with van der Waals surface area (Å²) in [5.41, 5.74) is 5.38. The highest BCUT2D eigenvalue weighted by Crippen LogP contribution is 2.41. The third kappa shape index (κ3) is 3.68. The van der Waals surface area contributed by atoms with Crippen molar-refractivity contribution in [3.63, 3.8) is 0 Å². The monoisotopic (exact) mass is 391 g/mol. The van der Waals surface area contributed by atoms with E-state index in [2.05, 4.69) is 35.8 Å². The summed E-state index contributed by atoms with van der Waals surface area (Å²) in [6.45, 7) is 11.7. The molecule has 2 aliphatic heterocycles. The van der Waals surface area contributed by atoms with Gasteiger partial charge in [-0.15, -0.1) is 0 Å². The van der Waals surface area contributed by atoms with Crippen LogP contribution in [0.3, 0.4) is 0 Å². The maximum absolute atomic E-state index is 13.6. The zero-order valence-electron chi connectivity index (χ0n) is 18.1. The molecule has 0 bridgehead atoms. The highest BCUT2D eigenvalue weighted by atomic mass is 16.2. The Morgan fingerprint density at radius 2 is 1.93 bits per heavy atom. The van der Waals surface area contributed by atoms with Gasteiger partial charge in [-0.25, -0.2) is 0 Å². The number of aromatic nitrogens is 1. The standard InChI is InChI=1S/C25H33N3O/c1-17-11-18(2)23-21(13-19(3)26-22(23)12-17)24(29)28-10-8-25(16-28)7-4-9-27(15-25)14-20-5-6-20/h11-13,20H,4-10,14-16H2,1-3H3/t25-/m1/s1. The summed E-state index contributed by atoms with van der Waals surface area (Å²) in [6, 6.07) is 6.27. The van der Waals surface area contributed by atoms with Crippen LogP contribution in [-0.4, -0.2) is 53.4 Å². The Labute approximate surface area is 174 Å². The molecular weight excluding hydrogens is 358 g/mol. The first-order valence-corrected chi connectivity index (χ1v) is 11.3. The van der Waals surface area contributed by atoms with Crippen LogP contribution in [0.1, 0.15) is 59.3 Å². The average molecular weight is 392 g/mol. The molecule has 1 aromatic carbocycles. The molecule has 3 fully saturated rings. The molecule has 1 aliphatic carbocycles. The molecule has 1 spiro atoms. The SMILES string of the molecule is Cc1cc(C)c2c(C(=O)N3CC[C@@]4(CCCN(CC5CC5)C4)C3)cc(C)nc2c1. The number of amides is 1. The van der Waals surface area contributed by atoms with E-state index >= 15 is 0 Å². The Hall–Kier alpha value is -1.94. The normalized spacial score (nSPS) is 25.3. The molecule has 1 atom stereocenters. The second-order valence-corrected chi connectivity index (χ2v) is 10.0. The van der Waals surface area contributed by atoms with Gasteiger partial charge < -0.3 is 9.80 Å². The van der Waals surface area contributed by atoms with Gasteiger partial charge in [0.05, 0.1) is 11.1 Å². The Morgan fingerprint density at radius 3 is 2.72 bits per heavy atom. The van der Waals surface area contributed by atoms with E-state index in [0.29, 0.717) is 5.41 Å². The highest BCUT2D eigenvalue weighted by molar-refractivity contribution is 6.07. The summed E-state index contributed by atoms with van der Waals surface area (Å²) in [4.78, 5) is 23.2. The van der Waals surface area contributed by atoms with Gasteiger partial charge in [0.2, 0.25) is 0 Å². The van der Waals surface area contributed by atoms with Gasteiger partial charge in [-0.1, -0.05) is 6.07 Å². The largest absolute Gasteiger partial charge is 0.338 e. The number of pyridine rings is 1. The fraction of sp³-hybridized carbons (Fsp3) is 0.600. The lowest BCUT2D eigenvalue weighted by atomic mass is 9.79. The molecule has 5 rings (SSSR count). The third-order valence-electron chi connectivity index (χ3n) is 7.29. The summed E-state index contributed by atoms with van der Waals surface area (Å²) in [5.74, 6) is 1.14. The quantitative estimate of drug-likeness (QED) is 0.773. The molecule has 3 aliphatic rings. The molecule has 2 saturated heterocycles. The van der Waals surface area contributed by atoms with Crippen molar-refractivity contribution in [2.45, 2.75) is 52.9 Å². The number of rotatable bonds is 3. The number of nitrogens with zero attached hydrogens (tertiary/aromatic N) is 3. The number of hydrogen-bond donors (Lipinski definition) is 0. The van der Waals surface area contributed by atoms with Crippen LogP contribution in [0.15, 0.2) is 18.2 Å². The molecule has 1 saturated carbocycles. The maximum atomic E-state index is 13.6. The zero-order valence-corrected chi connectivity index (χ0v) is 18.1. The molecule has 29 heavy (non-hydrogen) atoms.